The average Bonchev–Trinajstić information content (AvgIpc) is 2.47. The summed E-state index contributed by atoms with van der Waals surface area (Å²) in [5, 5.41) is 9.59. The molecule has 5 nitrogen and oxygen atoms in total. The van der Waals surface area contributed by atoms with Gasteiger partial charge >= 0.3 is 5.97 Å². The molecule has 84 valence electrons. The van der Waals surface area contributed by atoms with Crippen molar-refractivity contribution in [3.63, 3.8) is 0 Å². The summed E-state index contributed by atoms with van der Waals surface area (Å²) in [5.41, 5.74) is 0.788. The van der Waals surface area contributed by atoms with Crippen LogP contribution < -0.4 is 5.56 Å². The quantitative estimate of drug-likeness (QED) is 0.836. The number of aromatic amines is 1. The van der Waals surface area contributed by atoms with E-state index in [1.165, 1.54) is 6.20 Å². The number of fused-ring (bicyclic) bond motifs is 1. The maximum Gasteiger partial charge on any atom is 0.338 e. The minimum absolute atomic E-state index is 0.162. The number of carbonyl (C=O) groups is 1. The smallest absolute Gasteiger partial charge is 0.338 e. The fourth-order valence-electron chi connectivity index (χ4n) is 1.83. The number of aryl methyl sites for hydroxylation is 1. The number of nitrogens with zero attached hydrogens (tertiary/aromatic N) is 1. The summed E-state index contributed by atoms with van der Waals surface area (Å²) in [5.74, 6) is -1.03. The highest BCUT2D eigenvalue weighted by atomic mass is 79.9. The highest BCUT2D eigenvalue weighted by Gasteiger charge is 2.21. The molecular formula is C10H9BrN2O3. The second-order valence-electron chi connectivity index (χ2n) is 3.51. The monoisotopic (exact) mass is 284 g/mol. The van der Waals surface area contributed by atoms with Crippen molar-refractivity contribution in [3.8, 4) is 0 Å². The van der Waals surface area contributed by atoms with E-state index in [1.807, 2.05) is 0 Å². The van der Waals surface area contributed by atoms with E-state index in [2.05, 4.69) is 20.9 Å². The van der Waals surface area contributed by atoms with Crippen LogP contribution in [-0.4, -0.2) is 20.6 Å². The second-order valence-corrected chi connectivity index (χ2v) is 4.37. The number of carboxylic acid groups (broad SMARTS) is 1. The molecule has 2 heterocycles. The van der Waals surface area contributed by atoms with Crippen molar-refractivity contribution in [2.75, 3.05) is 0 Å². The van der Waals surface area contributed by atoms with Gasteiger partial charge in [0.15, 0.2) is 0 Å². The maximum atomic E-state index is 11.6. The van der Waals surface area contributed by atoms with Crippen LogP contribution in [-0.2, 0) is 7.05 Å². The van der Waals surface area contributed by atoms with Crippen LogP contribution in [0.15, 0.2) is 15.5 Å². The molecule has 2 N–H and O–H groups in total. The molecule has 0 bridgehead atoms. The molecule has 0 saturated heterocycles. The lowest BCUT2D eigenvalue weighted by molar-refractivity contribution is 0.0698. The van der Waals surface area contributed by atoms with Crippen LogP contribution in [0, 0.1) is 6.92 Å². The van der Waals surface area contributed by atoms with E-state index in [0.717, 1.165) is 0 Å². The summed E-state index contributed by atoms with van der Waals surface area (Å²) < 4.78 is 2.16. The fraction of sp³-hybridized carbons (Fsp3) is 0.200. The number of carboxylic acids is 1. The van der Waals surface area contributed by atoms with Crippen molar-refractivity contribution in [2.45, 2.75) is 6.92 Å². The first kappa shape index (κ1) is 10.9. The Hall–Kier alpha value is -1.56. The van der Waals surface area contributed by atoms with Gasteiger partial charge in [0.2, 0.25) is 0 Å². The zero-order valence-corrected chi connectivity index (χ0v) is 10.3. The molecule has 0 unspecified atom stereocenters. The molecule has 2 rings (SSSR count). The van der Waals surface area contributed by atoms with Crippen LogP contribution in [0.1, 0.15) is 16.1 Å². The van der Waals surface area contributed by atoms with Crippen molar-refractivity contribution in [1.29, 1.82) is 0 Å². The Morgan fingerprint density at radius 2 is 2.19 bits per heavy atom. The number of hydrogen-bond donors (Lipinski definition) is 2. The normalized spacial score (nSPS) is 10.9. The number of aromatic nitrogens is 2. The van der Waals surface area contributed by atoms with Crippen LogP contribution in [0.4, 0.5) is 0 Å². The van der Waals surface area contributed by atoms with Gasteiger partial charge in [0, 0.05) is 28.8 Å². The standard InChI is InChI=1S/C10H9BrN2O3/c1-4-6(10(15)16)7-5(11)3-12-9(14)8(7)13(4)2/h3H,1-2H3,(H,12,14)(H,15,16). The SMILES string of the molecule is Cc1c(C(=O)O)c2c(Br)c[nH]c(=O)c2n1C. The molecule has 0 aliphatic heterocycles. The third-order valence-corrected chi connectivity index (χ3v) is 3.31. The molecule has 6 heteroatoms. The molecule has 0 fully saturated rings. The van der Waals surface area contributed by atoms with Crippen LogP contribution in [0.25, 0.3) is 10.9 Å². The number of halogens is 1. The summed E-state index contributed by atoms with van der Waals surface area (Å²) in [6, 6.07) is 0. The fourth-order valence-corrected chi connectivity index (χ4v) is 2.33. The zero-order valence-electron chi connectivity index (χ0n) is 8.67. The Labute approximate surface area is 98.8 Å². The number of nitrogens with one attached hydrogen (secondary N) is 1. The van der Waals surface area contributed by atoms with E-state index >= 15 is 0 Å². The van der Waals surface area contributed by atoms with Gasteiger partial charge in [-0.2, -0.15) is 0 Å². The summed E-state index contributed by atoms with van der Waals surface area (Å²) in [6.07, 6.45) is 1.45. The van der Waals surface area contributed by atoms with Crippen molar-refractivity contribution in [3.05, 3.63) is 32.3 Å². The van der Waals surface area contributed by atoms with E-state index in [0.29, 0.717) is 21.1 Å². The minimum Gasteiger partial charge on any atom is -0.478 e. The van der Waals surface area contributed by atoms with Crippen LogP contribution in [0.5, 0.6) is 0 Å². The first-order chi connectivity index (χ1) is 7.45. The third kappa shape index (κ3) is 1.30. The van der Waals surface area contributed by atoms with Crippen molar-refractivity contribution in [2.24, 2.45) is 7.05 Å². The van der Waals surface area contributed by atoms with Gasteiger partial charge in [0.1, 0.15) is 5.52 Å². The van der Waals surface area contributed by atoms with Gasteiger partial charge < -0.3 is 14.7 Å². The number of pyridine rings is 1. The van der Waals surface area contributed by atoms with Crippen LogP contribution in [0.2, 0.25) is 0 Å². The summed E-state index contributed by atoms with van der Waals surface area (Å²) in [4.78, 5) is 25.4. The first-order valence-corrected chi connectivity index (χ1v) is 5.34. The molecule has 0 amide bonds. The summed E-state index contributed by atoms with van der Waals surface area (Å²) in [7, 11) is 1.67. The van der Waals surface area contributed by atoms with Gasteiger partial charge in [-0.05, 0) is 22.9 Å². The molecule has 0 spiro atoms. The third-order valence-electron chi connectivity index (χ3n) is 2.68. The van der Waals surface area contributed by atoms with E-state index in [1.54, 1.807) is 18.5 Å². The van der Waals surface area contributed by atoms with Gasteiger partial charge in [0.25, 0.3) is 5.56 Å². The number of H-pyrrole nitrogens is 1. The van der Waals surface area contributed by atoms with E-state index < -0.39 is 5.97 Å². The van der Waals surface area contributed by atoms with Crippen LogP contribution >= 0.6 is 15.9 Å². The molecular weight excluding hydrogens is 276 g/mol. The van der Waals surface area contributed by atoms with Gasteiger partial charge in [-0.15, -0.1) is 0 Å². The molecule has 2 aromatic rings. The predicted molar refractivity (Wildman–Crippen MR) is 62.9 cm³/mol. The molecule has 0 atom stereocenters. The lowest BCUT2D eigenvalue weighted by Gasteiger charge is -1.97. The second kappa shape index (κ2) is 3.48. The number of aromatic carboxylic acids is 1. The minimum atomic E-state index is -1.03. The average molecular weight is 285 g/mol. The molecule has 2 aromatic heterocycles. The maximum absolute atomic E-state index is 11.6. The van der Waals surface area contributed by atoms with Gasteiger partial charge in [-0.25, -0.2) is 4.79 Å². The number of hydrogen-bond acceptors (Lipinski definition) is 2. The van der Waals surface area contributed by atoms with E-state index in [4.69, 9.17) is 5.11 Å². The largest absolute Gasteiger partial charge is 0.478 e. The van der Waals surface area contributed by atoms with Crippen molar-refractivity contribution < 1.29 is 9.90 Å². The van der Waals surface area contributed by atoms with Gasteiger partial charge in [-0.1, -0.05) is 0 Å². The van der Waals surface area contributed by atoms with E-state index in [-0.39, 0.29) is 11.1 Å². The topological polar surface area (TPSA) is 75.1 Å². The summed E-state index contributed by atoms with van der Waals surface area (Å²) >= 11 is 3.25. The lowest BCUT2D eigenvalue weighted by atomic mass is 10.2. The highest BCUT2D eigenvalue weighted by Crippen LogP contribution is 2.28. The first-order valence-electron chi connectivity index (χ1n) is 4.54. The zero-order chi connectivity index (χ0) is 12.0. The Bertz CT molecular complexity index is 654. The lowest BCUT2D eigenvalue weighted by Crippen LogP contribution is -2.09. The molecule has 0 aliphatic carbocycles. The highest BCUT2D eigenvalue weighted by molar-refractivity contribution is 9.10. The Morgan fingerprint density at radius 3 is 2.75 bits per heavy atom. The Balaban J connectivity index is 3.14. The molecule has 16 heavy (non-hydrogen) atoms. The predicted octanol–water partition coefficient (Wildman–Crippen LogP) is 1.64. The Kier molecular flexibility index (Phi) is 2.38. The van der Waals surface area contributed by atoms with Crippen LogP contribution in [0.3, 0.4) is 0 Å². The Morgan fingerprint density at radius 1 is 1.56 bits per heavy atom. The van der Waals surface area contributed by atoms with Gasteiger partial charge in [-0.3, -0.25) is 4.79 Å². The van der Waals surface area contributed by atoms with Crippen molar-refractivity contribution >= 4 is 32.8 Å². The van der Waals surface area contributed by atoms with Crippen molar-refractivity contribution in [1.82, 2.24) is 9.55 Å². The van der Waals surface area contributed by atoms with E-state index in [9.17, 15) is 9.59 Å². The van der Waals surface area contributed by atoms with Gasteiger partial charge in [0.05, 0.1) is 5.56 Å². The molecule has 0 aliphatic rings. The number of rotatable bonds is 1. The molecule has 0 radical (unpaired) electrons. The summed E-state index contributed by atoms with van der Waals surface area (Å²) in [6.45, 7) is 1.68. The molecule has 0 aromatic carbocycles. The molecule has 0 saturated carbocycles.